The standard InChI is InChI=1S/C11H15FN2.2ClH/c12-9-3-1-8(2-4-9)10-7-14-6-5-11(10)13;;/h1-4,10-11,14H,5-7,13H2;2*1H. The van der Waals surface area contributed by atoms with Crippen LogP contribution in [0.1, 0.15) is 17.9 Å². The minimum absolute atomic E-state index is 0. The van der Waals surface area contributed by atoms with Crippen LogP contribution in [0.25, 0.3) is 0 Å². The molecule has 0 aromatic heterocycles. The Morgan fingerprint density at radius 3 is 2.38 bits per heavy atom. The molecule has 1 aliphatic heterocycles. The SMILES string of the molecule is Cl.Cl.NC1CCNCC1c1ccc(F)cc1. The van der Waals surface area contributed by atoms with Gasteiger partial charge in [-0.2, -0.15) is 0 Å². The molecule has 2 unspecified atom stereocenters. The highest BCUT2D eigenvalue weighted by molar-refractivity contribution is 5.85. The number of hydrogen-bond donors (Lipinski definition) is 2. The van der Waals surface area contributed by atoms with Gasteiger partial charge in [-0.05, 0) is 30.7 Å². The molecule has 1 saturated heterocycles. The monoisotopic (exact) mass is 266 g/mol. The van der Waals surface area contributed by atoms with Crippen molar-refractivity contribution in [1.82, 2.24) is 5.32 Å². The maximum atomic E-state index is 12.7. The number of halogens is 3. The fraction of sp³-hybridized carbons (Fsp3) is 0.455. The van der Waals surface area contributed by atoms with Gasteiger partial charge in [0, 0.05) is 18.5 Å². The van der Waals surface area contributed by atoms with Crippen molar-refractivity contribution in [2.45, 2.75) is 18.4 Å². The fourth-order valence-corrected chi connectivity index (χ4v) is 1.95. The Bertz CT molecular complexity index is 305. The Hall–Kier alpha value is -0.350. The van der Waals surface area contributed by atoms with E-state index in [4.69, 9.17) is 5.73 Å². The van der Waals surface area contributed by atoms with Gasteiger partial charge in [0.1, 0.15) is 5.82 Å². The number of hydrogen-bond acceptors (Lipinski definition) is 2. The molecule has 1 heterocycles. The van der Waals surface area contributed by atoms with Gasteiger partial charge in [-0.15, -0.1) is 24.8 Å². The second kappa shape index (κ2) is 7.07. The van der Waals surface area contributed by atoms with Crippen LogP contribution in [0.15, 0.2) is 24.3 Å². The molecule has 0 radical (unpaired) electrons. The van der Waals surface area contributed by atoms with Gasteiger partial charge >= 0.3 is 0 Å². The van der Waals surface area contributed by atoms with E-state index >= 15 is 0 Å². The van der Waals surface area contributed by atoms with Gasteiger partial charge in [-0.25, -0.2) is 4.39 Å². The van der Waals surface area contributed by atoms with E-state index < -0.39 is 0 Å². The van der Waals surface area contributed by atoms with Gasteiger partial charge in [-0.3, -0.25) is 0 Å². The van der Waals surface area contributed by atoms with Crippen LogP contribution in [-0.4, -0.2) is 19.1 Å². The molecule has 1 fully saturated rings. The van der Waals surface area contributed by atoms with Gasteiger partial charge in [0.05, 0.1) is 0 Å². The number of nitrogens with two attached hydrogens (primary N) is 1. The van der Waals surface area contributed by atoms with E-state index in [0.717, 1.165) is 25.1 Å². The third-order valence-corrected chi connectivity index (χ3v) is 2.83. The first kappa shape index (κ1) is 15.7. The third kappa shape index (κ3) is 3.59. The van der Waals surface area contributed by atoms with E-state index in [2.05, 4.69) is 5.32 Å². The zero-order chi connectivity index (χ0) is 9.97. The van der Waals surface area contributed by atoms with Crippen molar-refractivity contribution in [1.29, 1.82) is 0 Å². The Labute approximate surface area is 108 Å². The van der Waals surface area contributed by atoms with Crippen LogP contribution in [0.4, 0.5) is 4.39 Å². The first-order valence-corrected chi connectivity index (χ1v) is 4.99. The van der Waals surface area contributed by atoms with E-state index in [-0.39, 0.29) is 36.7 Å². The fourth-order valence-electron chi connectivity index (χ4n) is 1.95. The molecule has 2 atom stereocenters. The Balaban J connectivity index is 0.00000112. The highest BCUT2D eigenvalue weighted by atomic mass is 35.5. The second-order valence-electron chi connectivity index (χ2n) is 3.81. The summed E-state index contributed by atoms with van der Waals surface area (Å²) in [4.78, 5) is 0. The van der Waals surface area contributed by atoms with E-state index in [1.165, 1.54) is 12.1 Å². The molecule has 1 aromatic carbocycles. The summed E-state index contributed by atoms with van der Waals surface area (Å²) in [5.74, 6) is 0.135. The van der Waals surface area contributed by atoms with Crippen molar-refractivity contribution in [3.05, 3.63) is 35.6 Å². The van der Waals surface area contributed by atoms with E-state index in [9.17, 15) is 4.39 Å². The summed E-state index contributed by atoms with van der Waals surface area (Å²) in [6.07, 6.45) is 0.988. The molecule has 0 saturated carbocycles. The predicted octanol–water partition coefficient (Wildman–Crippen LogP) is 2.07. The molecule has 0 bridgehead atoms. The number of nitrogens with one attached hydrogen (secondary N) is 1. The second-order valence-corrected chi connectivity index (χ2v) is 3.81. The molecule has 5 heteroatoms. The van der Waals surface area contributed by atoms with Crippen molar-refractivity contribution in [3.8, 4) is 0 Å². The van der Waals surface area contributed by atoms with Gasteiger partial charge < -0.3 is 11.1 Å². The molecular weight excluding hydrogens is 250 g/mol. The van der Waals surface area contributed by atoms with Crippen molar-refractivity contribution >= 4 is 24.8 Å². The highest BCUT2D eigenvalue weighted by Crippen LogP contribution is 2.22. The van der Waals surface area contributed by atoms with Crippen LogP contribution in [0, 0.1) is 5.82 Å². The van der Waals surface area contributed by atoms with Gasteiger partial charge in [0.2, 0.25) is 0 Å². The zero-order valence-electron chi connectivity index (χ0n) is 8.86. The first-order valence-electron chi connectivity index (χ1n) is 4.99. The Morgan fingerprint density at radius 2 is 1.81 bits per heavy atom. The molecule has 16 heavy (non-hydrogen) atoms. The lowest BCUT2D eigenvalue weighted by Gasteiger charge is -2.29. The highest BCUT2D eigenvalue weighted by Gasteiger charge is 2.22. The van der Waals surface area contributed by atoms with Gasteiger partial charge in [0.25, 0.3) is 0 Å². The predicted molar refractivity (Wildman–Crippen MR) is 69.1 cm³/mol. The zero-order valence-corrected chi connectivity index (χ0v) is 10.5. The number of piperidine rings is 1. The maximum absolute atomic E-state index is 12.7. The van der Waals surface area contributed by atoms with Crippen LogP contribution in [0.5, 0.6) is 0 Å². The maximum Gasteiger partial charge on any atom is 0.123 e. The Kier molecular flexibility index (Phi) is 6.91. The van der Waals surface area contributed by atoms with Gasteiger partial charge in [0.15, 0.2) is 0 Å². The molecule has 0 amide bonds. The summed E-state index contributed by atoms with van der Waals surface area (Å²) in [6.45, 7) is 1.88. The smallest absolute Gasteiger partial charge is 0.123 e. The molecular formula is C11H17Cl2FN2. The summed E-state index contributed by atoms with van der Waals surface area (Å²) >= 11 is 0. The first-order chi connectivity index (χ1) is 6.77. The Morgan fingerprint density at radius 1 is 1.19 bits per heavy atom. The topological polar surface area (TPSA) is 38.0 Å². The van der Waals surface area contributed by atoms with Crippen molar-refractivity contribution in [2.24, 2.45) is 5.73 Å². The summed E-state index contributed by atoms with van der Waals surface area (Å²) in [6, 6.07) is 6.84. The van der Waals surface area contributed by atoms with Crippen LogP contribution in [0.2, 0.25) is 0 Å². The van der Waals surface area contributed by atoms with E-state index in [1.807, 2.05) is 12.1 Å². The average Bonchev–Trinajstić information content (AvgIpc) is 2.20. The normalized spacial score (nSPS) is 24.1. The van der Waals surface area contributed by atoms with Gasteiger partial charge in [-0.1, -0.05) is 12.1 Å². The minimum Gasteiger partial charge on any atom is -0.327 e. The molecule has 92 valence electrons. The lowest BCUT2D eigenvalue weighted by Crippen LogP contribution is -2.43. The van der Waals surface area contributed by atoms with Crippen LogP contribution >= 0.6 is 24.8 Å². The molecule has 2 rings (SSSR count). The van der Waals surface area contributed by atoms with Crippen LogP contribution in [0.3, 0.4) is 0 Å². The molecule has 3 N–H and O–H groups in total. The molecule has 1 aliphatic rings. The van der Waals surface area contributed by atoms with Crippen molar-refractivity contribution in [2.75, 3.05) is 13.1 Å². The van der Waals surface area contributed by atoms with Crippen LogP contribution < -0.4 is 11.1 Å². The van der Waals surface area contributed by atoms with Crippen LogP contribution in [-0.2, 0) is 0 Å². The molecule has 2 nitrogen and oxygen atoms in total. The van der Waals surface area contributed by atoms with E-state index in [1.54, 1.807) is 0 Å². The van der Waals surface area contributed by atoms with Crippen molar-refractivity contribution in [3.63, 3.8) is 0 Å². The summed E-state index contributed by atoms with van der Waals surface area (Å²) < 4.78 is 12.7. The minimum atomic E-state index is -0.189. The number of benzene rings is 1. The summed E-state index contributed by atoms with van der Waals surface area (Å²) in [5, 5.41) is 3.30. The average molecular weight is 267 g/mol. The quantitative estimate of drug-likeness (QED) is 0.817. The summed E-state index contributed by atoms with van der Waals surface area (Å²) in [5.41, 5.74) is 7.15. The lowest BCUT2D eigenvalue weighted by atomic mass is 9.87. The largest absolute Gasteiger partial charge is 0.327 e. The third-order valence-electron chi connectivity index (χ3n) is 2.83. The van der Waals surface area contributed by atoms with Crippen molar-refractivity contribution < 1.29 is 4.39 Å². The summed E-state index contributed by atoms with van der Waals surface area (Å²) in [7, 11) is 0. The lowest BCUT2D eigenvalue weighted by molar-refractivity contribution is 0.402. The number of rotatable bonds is 1. The molecule has 1 aromatic rings. The molecule has 0 spiro atoms. The molecule has 0 aliphatic carbocycles. The van der Waals surface area contributed by atoms with E-state index in [0.29, 0.717) is 5.92 Å².